The minimum Gasteiger partial charge on any atom is -0.351 e. The Labute approximate surface area is 125 Å². The zero-order chi connectivity index (χ0) is 13.5. The lowest BCUT2D eigenvalue weighted by molar-refractivity contribution is 0.0945. The molecule has 0 heterocycles. The fourth-order valence-electron chi connectivity index (χ4n) is 1.41. The molecule has 0 spiro atoms. The highest BCUT2D eigenvalue weighted by atomic mass is 79.9. The van der Waals surface area contributed by atoms with Gasteiger partial charge in [0.1, 0.15) is 17.2 Å². The molecular weight excluding hydrogens is 341 g/mol. The number of nitrogens with one attached hydrogen (secondary N) is 2. The molecule has 0 aliphatic rings. The van der Waals surface area contributed by atoms with Gasteiger partial charge in [-0.3, -0.25) is 4.79 Å². The van der Waals surface area contributed by atoms with Crippen LogP contribution < -0.4 is 10.6 Å². The third-order valence-electron chi connectivity index (χ3n) is 2.25. The van der Waals surface area contributed by atoms with Crippen molar-refractivity contribution in [2.24, 2.45) is 0 Å². The number of carbonyl (C=O) groups excluding carboxylic acids is 1. The molecule has 0 fully saturated rings. The van der Waals surface area contributed by atoms with Gasteiger partial charge in [0.25, 0.3) is 5.91 Å². The van der Waals surface area contributed by atoms with E-state index in [9.17, 15) is 13.6 Å². The highest BCUT2D eigenvalue weighted by Crippen LogP contribution is 2.19. The van der Waals surface area contributed by atoms with Crippen LogP contribution in [0.4, 0.5) is 8.78 Å². The summed E-state index contributed by atoms with van der Waals surface area (Å²) in [6, 6.07) is 2.13. The van der Waals surface area contributed by atoms with Crippen LogP contribution in [0, 0.1) is 11.6 Å². The Morgan fingerprint density at radius 3 is 2.32 bits per heavy atom. The molecule has 1 aromatic rings. The van der Waals surface area contributed by atoms with Crippen LogP contribution in [0.15, 0.2) is 16.6 Å². The molecule has 0 atom stereocenters. The summed E-state index contributed by atoms with van der Waals surface area (Å²) in [5.41, 5.74) is -0.548. The zero-order valence-corrected chi connectivity index (χ0v) is 12.8. The summed E-state index contributed by atoms with van der Waals surface area (Å²) in [7, 11) is 0. The van der Waals surface area contributed by atoms with Crippen molar-refractivity contribution in [2.45, 2.75) is 13.3 Å². The van der Waals surface area contributed by atoms with Crippen LogP contribution in [0.25, 0.3) is 0 Å². The van der Waals surface area contributed by atoms with E-state index in [1.807, 2.05) is 6.92 Å². The standard InChI is InChI=1S/C12H15BrF2N2O.ClH/c1-2-3-16-4-5-17-12(18)11-9(14)6-8(13)7-10(11)15;/h6-7,16H,2-5H2,1H3,(H,17,18);1H. The van der Waals surface area contributed by atoms with Gasteiger partial charge in [-0.05, 0) is 25.1 Å². The lowest BCUT2D eigenvalue weighted by atomic mass is 10.2. The van der Waals surface area contributed by atoms with Gasteiger partial charge in [0, 0.05) is 17.6 Å². The van der Waals surface area contributed by atoms with Crippen LogP contribution >= 0.6 is 28.3 Å². The first kappa shape index (κ1) is 18.3. The van der Waals surface area contributed by atoms with E-state index in [2.05, 4.69) is 26.6 Å². The minimum absolute atomic E-state index is 0. The molecular formula is C12H16BrClF2N2O. The molecule has 19 heavy (non-hydrogen) atoms. The maximum Gasteiger partial charge on any atom is 0.257 e. The molecule has 0 saturated carbocycles. The van der Waals surface area contributed by atoms with Crippen LogP contribution in [0.3, 0.4) is 0 Å². The quantitative estimate of drug-likeness (QED) is 0.769. The predicted molar refractivity (Wildman–Crippen MR) is 76.8 cm³/mol. The zero-order valence-electron chi connectivity index (χ0n) is 10.4. The number of amides is 1. The van der Waals surface area contributed by atoms with Crippen molar-refractivity contribution in [2.75, 3.05) is 19.6 Å². The highest BCUT2D eigenvalue weighted by molar-refractivity contribution is 9.10. The summed E-state index contributed by atoms with van der Waals surface area (Å²) >= 11 is 2.96. The SMILES string of the molecule is CCCNCCNC(=O)c1c(F)cc(Br)cc1F.Cl. The number of carbonyl (C=O) groups is 1. The summed E-state index contributed by atoms with van der Waals surface area (Å²) in [6.07, 6.45) is 0.990. The van der Waals surface area contributed by atoms with Crippen molar-refractivity contribution in [3.8, 4) is 0 Å². The van der Waals surface area contributed by atoms with E-state index in [-0.39, 0.29) is 16.9 Å². The summed E-state index contributed by atoms with van der Waals surface area (Å²) in [5.74, 6) is -2.49. The van der Waals surface area contributed by atoms with Gasteiger partial charge in [0.05, 0.1) is 0 Å². The average Bonchev–Trinajstić information content (AvgIpc) is 2.27. The summed E-state index contributed by atoms with van der Waals surface area (Å²) < 4.78 is 27.2. The minimum atomic E-state index is -0.874. The molecule has 0 unspecified atom stereocenters. The van der Waals surface area contributed by atoms with Crippen LogP contribution in [0.2, 0.25) is 0 Å². The summed E-state index contributed by atoms with van der Waals surface area (Å²) in [4.78, 5) is 11.6. The Bertz CT molecular complexity index is 409. The number of hydrogen-bond donors (Lipinski definition) is 2. The van der Waals surface area contributed by atoms with E-state index in [1.165, 1.54) is 0 Å². The topological polar surface area (TPSA) is 41.1 Å². The number of hydrogen-bond acceptors (Lipinski definition) is 2. The third-order valence-corrected chi connectivity index (χ3v) is 2.71. The van der Waals surface area contributed by atoms with Crippen molar-refractivity contribution in [3.63, 3.8) is 0 Å². The second kappa shape index (κ2) is 9.23. The maximum atomic E-state index is 13.4. The van der Waals surface area contributed by atoms with Crippen LogP contribution in [0.1, 0.15) is 23.7 Å². The number of rotatable bonds is 6. The highest BCUT2D eigenvalue weighted by Gasteiger charge is 2.17. The normalized spacial score (nSPS) is 9.89. The van der Waals surface area contributed by atoms with Gasteiger partial charge in [0.15, 0.2) is 0 Å². The van der Waals surface area contributed by atoms with E-state index in [4.69, 9.17) is 0 Å². The number of benzene rings is 1. The summed E-state index contributed by atoms with van der Waals surface area (Å²) in [5, 5.41) is 5.53. The fourth-order valence-corrected chi connectivity index (χ4v) is 1.82. The van der Waals surface area contributed by atoms with Gasteiger partial charge in [-0.25, -0.2) is 8.78 Å². The second-order valence-electron chi connectivity index (χ2n) is 3.75. The molecule has 0 aliphatic heterocycles. The van der Waals surface area contributed by atoms with Crippen molar-refractivity contribution in [3.05, 3.63) is 33.8 Å². The molecule has 1 aromatic carbocycles. The van der Waals surface area contributed by atoms with Gasteiger partial charge in [-0.1, -0.05) is 22.9 Å². The first-order valence-corrected chi connectivity index (χ1v) is 6.49. The predicted octanol–water partition coefficient (Wildman–Crippen LogP) is 2.88. The molecule has 1 rings (SSSR count). The largest absolute Gasteiger partial charge is 0.351 e. The van der Waals surface area contributed by atoms with Gasteiger partial charge in [0.2, 0.25) is 0 Å². The number of halogens is 4. The molecule has 0 aromatic heterocycles. The van der Waals surface area contributed by atoms with Crippen molar-refractivity contribution in [1.29, 1.82) is 0 Å². The second-order valence-corrected chi connectivity index (χ2v) is 4.67. The van der Waals surface area contributed by atoms with Crippen molar-refractivity contribution >= 4 is 34.2 Å². The van der Waals surface area contributed by atoms with E-state index in [0.29, 0.717) is 13.1 Å². The molecule has 0 aliphatic carbocycles. The first-order chi connectivity index (χ1) is 8.56. The van der Waals surface area contributed by atoms with E-state index in [1.54, 1.807) is 0 Å². The Kier molecular flexibility index (Phi) is 8.88. The molecule has 2 N–H and O–H groups in total. The molecule has 7 heteroatoms. The third kappa shape index (κ3) is 5.84. The Morgan fingerprint density at radius 1 is 1.21 bits per heavy atom. The van der Waals surface area contributed by atoms with Gasteiger partial charge < -0.3 is 10.6 Å². The maximum absolute atomic E-state index is 13.4. The fraction of sp³-hybridized carbons (Fsp3) is 0.417. The molecule has 0 saturated heterocycles. The van der Waals surface area contributed by atoms with Crippen LogP contribution in [-0.2, 0) is 0 Å². The first-order valence-electron chi connectivity index (χ1n) is 5.69. The smallest absolute Gasteiger partial charge is 0.257 e. The molecule has 0 bridgehead atoms. The van der Waals surface area contributed by atoms with Gasteiger partial charge in [-0.2, -0.15) is 0 Å². The Hall–Kier alpha value is -0.720. The van der Waals surface area contributed by atoms with Gasteiger partial charge >= 0.3 is 0 Å². The Balaban J connectivity index is 0.00000324. The monoisotopic (exact) mass is 356 g/mol. The van der Waals surface area contributed by atoms with Crippen LogP contribution in [-0.4, -0.2) is 25.5 Å². The van der Waals surface area contributed by atoms with E-state index >= 15 is 0 Å². The lowest BCUT2D eigenvalue weighted by Crippen LogP contribution is -2.33. The average molecular weight is 358 g/mol. The lowest BCUT2D eigenvalue weighted by Gasteiger charge is -2.08. The van der Waals surface area contributed by atoms with Crippen LogP contribution in [0.5, 0.6) is 0 Å². The molecule has 0 radical (unpaired) electrons. The van der Waals surface area contributed by atoms with Crippen molar-refractivity contribution < 1.29 is 13.6 Å². The molecule has 108 valence electrons. The molecule has 3 nitrogen and oxygen atoms in total. The van der Waals surface area contributed by atoms with Gasteiger partial charge in [-0.15, -0.1) is 12.4 Å². The summed E-state index contributed by atoms with van der Waals surface area (Å²) in [6.45, 7) is 3.77. The Morgan fingerprint density at radius 2 is 1.79 bits per heavy atom. The molecule has 1 amide bonds. The van der Waals surface area contributed by atoms with E-state index in [0.717, 1.165) is 25.1 Å². The van der Waals surface area contributed by atoms with E-state index < -0.39 is 23.1 Å². The van der Waals surface area contributed by atoms with Crippen molar-refractivity contribution in [1.82, 2.24) is 10.6 Å².